The number of rotatable bonds is 7. The number of amides is 1. The van der Waals surface area contributed by atoms with Gasteiger partial charge in [-0.3, -0.25) is 4.79 Å². The molecule has 8 heteroatoms. The minimum atomic E-state index is -3.33. The van der Waals surface area contributed by atoms with Crippen LogP contribution in [0, 0.1) is 0 Å². The van der Waals surface area contributed by atoms with E-state index in [0.29, 0.717) is 42.6 Å². The van der Waals surface area contributed by atoms with E-state index in [1.165, 1.54) is 6.39 Å². The predicted molar refractivity (Wildman–Crippen MR) is 93.2 cm³/mol. The van der Waals surface area contributed by atoms with Crippen LogP contribution in [0.2, 0.25) is 0 Å². The van der Waals surface area contributed by atoms with Crippen molar-refractivity contribution >= 4 is 32.7 Å². The average molecular weight is 353 g/mol. The topological polar surface area (TPSA) is 101 Å². The van der Waals surface area contributed by atoms with E-state index in [1.807, 2.05) is 0 Å². The van der Waals surface area contributed by atoms with Gasteiger partial charge in [0.2, 0.25) is 15.9 Å². The lowest BCUT2D eigenvalue weighted by molar-refractivity contribution is -0.116. The minimum absolute atomic E-state index is 0.114. The maximum absolute atomic E-state index is 11.9. The molecule has 2 aromatic rings. The Kier molecular flexibility index (Phi) is 5.61. The molecule has 0 bridgehead atoms. The van der Waals surface area contributed by atoms with Gasteiger partial charge in [0, 0.05) is 18.7 Å². The maximum Gasteiger partial charge on any atom is 0.224 e. The molecule has 0 unspecified atom stereocenters. The highest BCUT2D eigenvalue weighted by Crippen LogP contribution is 2.18. The summed E-state index contributed by atoms with van der Waals surface area (Å²) >= 11 is 0. The van der Waals surface area contributed by atoms with Gasteiger partial charge in [0.15, 0.2) is 12.0 Å². The molecule has 0 saturated carbocycles. The standard InChI is InChI=1S/C16H23N3O4S/c1-16(2,3)24(21,22)18-9-5-4-6-15(20)19-12-7-8-14-13(10-12)17-11-23-14/h7-8,10-11,18H,4-6,9H2,1-3H3,(H,19,20). The highest BCUT2D eigenvalue weighted by atomic mass is 32.2. The first-order valence-electron chi connectivity index (χ1n) is 7.81. The Balaban J connectivity index is 1.72. The number of sulfonamides is 1. The normalized spacial score (nSPS) is 12.5. The summed E-state index contributed by atoms with van der Waals surface area (Å²) in [7, 11) is -3.33. The number of benzene rings is 1. The first-order chi connectivity index (χ1) is 11.2. The lowest BCUT2D eigenvalue weighted by Crippen LogP contribution is -2.39. The molecule has 0 aliphatic heterocycles. The van der Waals surface area contributed by atoms with Crippen LogP contribution in [0.3, 0.4) is 0 Å². The van der Waals surface area contributed by atoms with Crippen LogP contribution in [0.25, 0.3) is 11.1 Å². The van der Waals surface area contributed by atoms with Gasteiger partial charge >= 0.3 is 0 Å². The van der Waals surface area contributed by atoms with E-state index in [4.69, 9.17) is 4.42 Å². The van der Waals surface area contributed by atoms with Gasteiger partial charge in [0.05, 0.1) is 4.75 Å². The number of hydrogen-bond acceptors (Lipinski definition) is 5. The molecule has 24 heavy (non-hydrogen) atoms. The number of carbonyl (C=O) groups excluding carboxylic acids is 1. The summed E-state index contributed by atoms with van der Waals surface area (Å²) in [6, 6.07) is 5.25. The van der Waals surface area contributed by atoms with E-state index in [1.54, 1.807) is 39.0 Å². The summed E-state index contributed by atoms with van der Waals surface area (Å²) in [6.07, 6.45) is 2.89. The van der Waals surface area contributed by atoms with Crippen molar-refractivity contribution in [3.63, 3.8) is 0 Å². The summed E-state index contributed by atoms with van der Waals surface area (Å²) in [5.74, 6) is -0.114. The Hall–Kier alpha value is -1.93. The van der Waals surface area contributed by atoms with Crippen LogP contribution in [-0.2, 0) is 14.8 Å². The van der Waals surface area contributed by atoms with Crippen LogP contribution in [-0.4, -0.2) is 30.6 Å². The minimum Gasteiger partial charge on any atom is -0.443 e. The first kappa shape index (κ1) is 18.4. The third-order valence-corrected chi connectivity index (χ3v) is 5.74. The fraction of sp³-hybridized carbons (Fsp3) is 0.500. The fourth-order valence-corrected chi connectivity index (χ4v) is 2.84. The fourth-order valence-electron chi connectivity index (χ4n) is 1.99. The molecule has 2 N–H and O–H groups in total. The van der Waals surface area contributed by atoms with E-state index in [9.17, 15) is 13.2 Å². The lowest BCUT2D eigenvalue weighted by atomic mass is 10.2. The van der Waals surface area contributed by atoms with E-state index in [2.05, 4.69) is 15.0 Å². The van der Waals surface area contributed by atoms with E-state index >= 15 is 0 Å². The zero-order valence-electron chi connectivity index (χ0n) is 14.1. The second kappa shape index (κ2) is 7.31. The second-order valence-electron chi connectivity index (χ2n) is 6.55. The largest absolute Gasteiger partial charge is 0.443 e. The summed E-state index contributed by atoms with van der Waals surface area (Å²) in [5, 5.41) is 2.80. The highest BCUT2D eigenvalue weighted by molar-refractivity contribution is 7.90. The molecule has 1 aromatic heterocycles. The zero-order chi connectivity index (χ0) is 17.8. The molecule has 1 aromatic carbocycles. The van der Waals surface area contributed by atoms with Gasteiger partial charge in [-0.05, 0) is 51.8 Å². The smallest absolute Gasteiger partial charge is 0.224 e. The number of fused-ring (bicyclic) bond motifs is 1. The molecule has 1 heterocycles. The average Bonchev–Trinajstić information content (AvgIpc) is 2.93. The lowest BCUT2D eigenvalue weighted by Gasteiger charge is -2.19. The van der Waals surface area contributed by atoms with Crippen molar-refractivity contribution in [2.45, 2.75) is 44.8 Å². The second-order valence-corrected chi connectivity index (χ2v) is 9.07. The zero-order valence-corrected chi connectivity index (χ0v) is 14.9. The molecular weight excluding hydrogens is 330 g/mol. The molecule has 0 saturated heterocycles. The maximum atomic E-state index is 11.9. The van der Waals surface area contributed by atoms with Crippen molar-refractivity contribution in [1.82, 2.24) is 9.71 Å². The number of oxazole rings is 1. The molecule has 2 rings (SSSR count). The van der Waals surface area contributed by atoms with Gasteiger partial charge in [0.25, 0.3) is 0 Å². The Labute approximate surface area is 141 Å². The van der Waals surface area contributed by atoms with Gasteiger partial charge < -0.3 is 9.73 Å². The first-order valence-corrected chi connectivity index (χ1v) is 9.30. The Morgan fingerprint density at radius 1 is 1.25 bits per heavy atom. The number of aromatic nitrogens is 1. The molecule has 1 amide bonds. The number of carbonyl (C=O) groups is 1. The number of nitrogens with one attached hydrogen (secondary N) is 2. The van der Waals surface area contributed by atoms with Crippen molar-refractivity contribution in [2.75, 3.05) is 11.9 Å². The summed E-state index contributed by atoms with van der Waals surface area (Å²) in [6.45, 7) is 5.27. The third kappa shape index (κ3) is 4.78. The number of nitrogens with zero attached hydrogens (tertiary/aromatic N) is 1. The molecule has 0 aliphatic carbocycles. The van der Waals surface area contributed by atoms with Crippen molar-refractivity contribution in [3.8, 4) is 0 Å². The van der Waals surface area contributed by atoms with E-state index in [0.717, 1.165) is 0 Å². The van der Waals surface area contributed by atoms with Crippen molar-refractivity contribution < 1.29 is 17.6 Å². The van der Waals surface area contributed by atoms with Crippen LogP contribution in [0.15, 0.2) is 29.0 Å². The van der Waals surface area contributed by atoms with Gasteiger partial charge in [-0.25, -0.2) is 18.1 Å². The molecule has 0 radical (unpaired) electrons. The monoisotopic (exact) mass is 353 g/mol. The molecule has 0 fully saturated rings. The van der Waals surface area contributed by atoms with Crippen LogP contribution in [0.4, 0.5) is 5.69 Å². The van der Waals surface area contributed by atoms with E-state index in [-0.39, 0.29) is 5.91 Å². The molecular formula is C16H23N3O4S. The molecule has 0 aliphatic rings. The van der Waals surface area contributed by atoms with Gasteiger partial charge in [0.1, 0.15) is 5.52 Å². The number of anilines is 1. The van der Waals surface area contributed by atoms with E-state index < -0.39 is 14.8 Å². The molecule has 0 atom stereocenters. The van der Waals surface area contributed by atoms with Crippen molar-refractivity contribution in [1.29, 1.82) is 0 Å². The summed E-state index contributed by atoms with van der Waals surface area (Å²) in [5.41, 5.74) is 2.01. The predicted octanol–water partition coefficient (Wildman–Crippen LogP) is 2.65. The Morgan fingerprint density at radius 2 is 2.00 bits per heavy atom. The van der Waals surface area contributed by atoms with Crippen molar-refractivity contribution in [3.05, 3.63) is 24.6 Å². The molecule has 0 spiro atoms. The van der Waals surface area contributed by atoms with Crippen molar-refractivity contribution in [2.24, 2.45) is 0 Å². The van der Waals surface area contributed by atoms with Crippen LogP contribution >= 0.6 is 0 Å². The quantitative estimate of drug-likeness (QED) is 0.745. The third-order valence-electron chi connectivity index (χ3n) is 3.54. The number of hydrogen-bond donors (Lipinski definition) is 2. The van der Waals surface area contributed by atoms with Crippen LogP contribution in [0.5, 0.6) is 0 Å². The Bertz CT molecular complexity index is 806. The molecule has 132 valence electrons. The van der Waals surface area contributed by atoms with Gasteiger partial charge in [-0.2, -0.15) is 0 Å². The van der Waals surface area contributed by atoms with Gasteiger partial charge in [-0.15, -0.1) is 0 Å². The van der Waals surface area contributed by atoms with Gasteiger partial charge in [-0.1, -0.05) is 0 Å². The Morgan fingerprint density at radius 3 is 2.71 bits per heavy atom. The SMILES string of the molecule is CC(C)(C)S(=O)(=O)NCCCCC(=O)Nc1ccc2ocnc2c1. The highest BCUT2D eigenvalue weighted by Gasteiger charge is 2.27. The summed E-state index contributed by atoms with van der Waals surface area (Å²) in [4.78, 5) is 15.9. The summed E-state index contributed by atoms with van der Waals surface area (Å²) < 4.78 is 30.6. The number of unbranched alkanes of at least 4 members (excludes halogenated alkanes) is 1. The molecule has 7 nitrogen and oxygen atoms in total. The van der Waals surface area contributed by atoms with Crippen LogP contribution in [0.1, 0.15) is 40.0 Å². The van der Waals surface area contributed by atoms with Crippen LogP contribution < -0.4 is 10.0 Å².